The van der Waals surface area contributed by atoms with Gasteiger partial charge in [0.05, 0.1) is 0 Å². The number of rotatable bonds is 4. The lowest BCUT2D eigenvalue weighted by molar-refractivity contribution is -0.192. The molecule has 0 saturated carbocycles. The van der Waals surface area contributed by atoms with Gasteiger partial charge in [0.2, 0.25) is 0 Å². The van der Waals surface area contributed by atoms with Crippen LogP contribution in [0.4, 0.5) is 26.3 Å². The molecule has 1 rings (SSSR count). The van der Waals surface area contributed by atoms with Crippen molar-refractivity contribution in [2.24, 2.45) is 5.92 Å². The number of hydrogen-bond donors (Lipinski definition) is 4. The van der Waals surface area contributed by atoms with Gasteiger partial charge >= 0.3 is 30.2 Å². The van der Waals surface area contributed by atoms with Crippen LogP contribution in [0.5, 0.6) is 0 Å². The van der Waals surface area contributed by atoms with Crippen LogP contribution in [0.2, 0.25) is 0 Å². The molecule has 4 N–H and O–H groups in total. The first kappa shape index (κ1) is 22.7. The highest BCUT2D eigenvalue weighted by atomic mass is 19.4. The summed E-state index contributed by atoms with van der Waals surface area (Å²) in [6.07, 6.45) is -8.59. The molecule has 0 aromatic heterocycles. The molecule has 0 aromatic rings. The Kier molecular flexibility index (Phi) is 7.42. The van der Waals surface area contributed by atoms with E-state index in [1.807, 2.05) is 0 Å². The van der Waals surface area contributed by atoms with Gasteiger partial charge in [-0.05, 0) is 6.42 Å². The fourth-order valence-corrected chi connectivity index (χ4v) is 1.97. The highest BCUT2D eigenvalue weighted by Crippen LogP contribution is 2.28. The predicted molar refractivity (Wildman–Crippen MR) is 69.4 cm³/mol. The van der Waals surface area contributed by atoms with Gasteiger partial charge in [-0.2, -0.15) is 26.3 Å². The molecule has 25 heavy (non-hydrogen) atoms. The maximum absolute atomic E-state index is 12.2. The molecule has 1 saturated heterocycles. The molecule has 1 aliphatic heterocycles. The number of nitrogens with one attached hydrogen (secondary N) is 2. The van der Waals surface area contributed by atoms with Gasteiger partial charge in [-0.1, -0.05) is 6.08 Å². The van der Waals surface area contributed by atoms with Crippen molar-refractivity contribution in [1.29, 1.82) is 0 Å². The molecule has 0 aliphatic carbocycles. The number of halogens is 6. The minimum atomic E-state index is -5.11. The lowest BCUT2D eigenvalue weighted by Crippen LogP contribution is -2.62. The first-order chi connectivity index (χ1) is 11.2. The third-order valence-electron chi connectivity index (χ3n) is 3.16. The number of alkyl halides is 6. The van der Waals surface area contributed by atoms with Gasteiger partial charge in [0.15, 0.2) is 5.54 Å². The number of carboxylic acid groups (broad SMARTS) is 2. The Morgan fingerprint density at radius 3 is 1.96 bits per heavy atom. The van der Waals surface area contributed by atoms with Crippen LogP contribution in [-0.2, 0) is 14.4 Å². The summed E-state index contributed by atoms with van der Waals surface area (Å²) in [6.45, 7) is 3.38. The van der Waals surface area contributed by atoms with Crippen LogP contribution in [0.3, 0.4) is 0 Å². The number of carboxylic acids is 2. The first-order valence-corrected chi connectivity index (χ1v) is 6.43. The number of allylic oxidation sites excluding steroid dienone is 1. The molecule has 7 nitrogen and oxygen atoms in total. The summed E-state index contributed by atoms with van der Waals surface area (Å²) in [4.78, 5) is 31.0. The SMILES string of the molecule is C=CC[C@H]1CNC[C@@]1(NC(=O)C(F)(F)F)C(=O)O.O=C(O)C(F)(F)F. The van der Waals surface area contributed by atoms with E-state index in [-0.39, 0.29) is 19.5 Å². The predicted octanol–water partition coefficient (Wildman–Crippen LogP) is 0.917. The molecule has 1 fully saturated rings. The van der Waals surface area contributed by atoms with Crippen molar-refractivity contribution >= 4 is 17.8 Å². The second kappa shape index (κ2) is 8.18. The van der Waals surface area contributed by atoms with Crippen molar-refractivity contribution in [3.63, 3.8) is 0 Å². The van der Waals surface area contributed by atoms with Crippen molar-refractivity contribution in [1.82, 2.24) is 10.6 Å². The molecule has 1 aliphatic rings. The van der Waals surface area contributed by atoms with Crippen molar-refractivity contribution in [3.05, 3.63) is 12.7 Å². The Hall–Kier alpha value is -2.31. The van der Waals surface area contributed by atoms with E-state index in [0.717, 1.165) is 0 Å². The lowest BCUT2D eigenvalue weighted by Gasteiger charge is -2.31. The largest absolute Gasteiger partial charge is 0.490 e. The van der Waals surface area contributed by atoms with Gasteiger partial charge in [0, 0.05) is 19.0 Å². The summed E-state index contributed by atoms with van der Waals surface area (Å²) in [7, 11) is 0. The van der Waals surface area contributed by atoms with Crippen molar-refractivity contribution < 1.29 is 50.9 Å². The Morgan fingerprint density at radius 1 is 1.16 bits per heavy atom. The van der Waals surface area contributed by atoms with Crippen LogP contribution >= 0.6 is 0 Å². The van der Waals surface area contributed by atoms with E-state index >= 15 is 0 Å². The second-order valence-corrected chi connectivity index (χ2v) is 4.88. The van der Waals surface area contributed by atoms with E-state index in [1.54, 1.807) is 5.32 Å². The summed E-state index contributed by atoms with van der Waals surface area (Å²) in [5.41, 5.74) is -1.94. The minimum Gasteiger partial charge on any atom is -0.479 e. The van der Waals surface area contributed by atoms with Crippen LogP contribution < -0.4 is 10.6 Å². The van der Waals surface area contributed by atoms with E-state index in [2.05, 4.69) is 11.9 Å². The number of carbonyl (C=O) groups excluding carboxylic acids is 1. The van der Waals surface area contributed by atoms with E-state index in [0.29, 0.717) is 0 Å². The van der Waals surface area contributed by atoms with Crippen molar-refractivity contribution in [3.8, 4) is 0 Å². The third-order valence-corrected chi connectivity index (χ3v) is 3.16. The average molecular weight is 380 g/mol. The van der Waals surface area contributed by atoms with E-state index < -0.39 is 41.7 Å². The van der Waals surface area contributed by atoms with Crippen LogP contribution in [0.15, 0.2) is 12.7 Å². The molecule has 0 radical (unpaired) electrons. The molecule has 144 valence electrons. The van der Waals surface area contributed by atoms with Gasteiger partial charge < -0.3 is 20.8 Å². The molecule has 0 aromatic carbocycles. The molecule has 13 heteroatoms. The number of hydrogen-bond acceptors (Lipinski definition) is 4. The molecular weight excluding hydrogens is 366 g/mol. The normalized spacial score (nSPS) is 23.2. The zero-order chi connectivity index (χ0) is 20.1. The van der Waals surface area contributed by atoms with Crippen LogP contribution in [-0.4, -0.2) is 59.0 Å². The minimum absolute atomic E-state index is 0.192. The molecule has 0 unspecified atom stereocenters. The molecule has 2 atom stereocenters. The van der Waals surface area contributed by atoms with Crippen molar-refractivity contribution in [2.45, 2.75) is 24.3 Å². The van der Waals surface area contributed by atoms with Gasteiger partial charge in [0.1, 0.15) is 0 Å². The van der Waals surface area contributed by atoms with Crippen molar-refractivity contribution in [2.75, 3.05) is 13.1 Å². The zero-order valence-corrected chi connectivity index (χ0v) is 12.4. The zero-order valence-electron chi connectivity index (χ0n) is 12.4. The maximum Gasteiger partial charge on any atom is 0.490 e. The lowest BCUT2D eigenvalue weighted by atomic mass is 9.84. The Morgan fingerprint density at radius 2 is 1.64 bits per heavy atom. The van der Waals surface area contributed by atoms with Crippen LogP contribution in [0.1, 0.15) is 6.42 Å². The van der Waals surface area contributed by atoms with Crippen LogP contribution in [0.25, 0.3) is 0 Å². The van der Waals surface area contributed by atoms with E-state index in [1.165, 1.54) is 6.08 Å². The fraction of sp³-hybridized carbons (Fsp3) is 0.583. The van der Waals surface area contributed by atoms with E-state index in [4.69, 9.17) is 15.0 Å². The summed E-state index contributed by atoms with van der Waals surface area (Å²) < 4.78 is 68.3. The van der Waals surface area contributed by atoms with Crippen LogP contribution in [0, 0.1) is 5.92 Å². The molecule has 1 heterocycles. The fourth-order valence-electron chi connectivity index (χ4n) is 1.97. The Bertz CT molecular complexity index is 533. The van der Waals surface area contributed by atoms with Gasteiger partial charge in [-0.3, -0.25) is 4.79 Å². The molecule has 0 spiro atoms. The van der Waals surface area contributed by atoms with Gasteiger partial charge in [0.25, 0.3) is 0 Å². The number of amides is 1. The highest BCUT2D eigenvalue weighted by Gasteiger charge is 2.53. The van der Waals surface area contributed by atoms with Gasteiger partial charge in [-0.15, -0.1) is 6.58 Å². The number of carbonyl (C=O) groups is 3. The number of aliphatic carboxylic acids is 2. The highest BCUT2D eigenvalue weighted by molar-refractivity contribution is 5.90. The Balaban J connectivity index is 0.000000697. The van der Waals surface area contributed by atoms with E-state index in [9.17, 15) is 35.9 Å². The van der Waals surface area contributed by atoms with Gasteiger partial charge in [-0.25, -0.2) is 9.59 Å². The quantitative estimate of drug-likeness (QED) is 0.426. The first-order valence-electron chi connectivity index (χ1n) is 6.43. The molecule has 0 bridgehead atoms. The molecular formula is C12H14F6N2O5. The topological polar surface area (TPSA) is 116 Å². The molecule has 1 amide bonds. The second-order valence-electron chi connectivity index (χ2n) is 4.88. The monoisotopic (exact) mass is 380 g/mol. The Labute approximate surface area is 136 Å². The summed E-state index contributed by atoms with van der Waals surface area (Å²) in [5.74, 6) is -7.16. The maximum atomic E-state index is 12.2. The summed E-state index contributed by atoms with van der Waals surface area (Å²) in [5, 5.41) is 20.5. The smallest absolute Gasteiger partial charge is 0.479 e. The summed E-state index contributed by atoms with van der Waals surface area (Å²) >= 11 is 0. The summed E-state index contributed by atoms with van der Waals surface area (Å²) in [6, 6.07) is 0. The standard InChI is InChI=1S/C10H13F3N2O3.C2HF3O2/c1-2-3-6-4-14-5-9(6,8(17)18)15-7(16)10(11,12)13;3-2(4,5)1(6)7/h2,6,14H,1,3-5H2,(H,15,16)(H,17,18);(H,6,7)/t6-,9-;/m0./s1. The average Bonchev–Trinajstić information content (AvgIpc) is 2.82. The third kappa shape index (κ3) is 6.25.